The quantitative estimate of drug-likeness (QED) is 0.257. The van der Waals surface area contributed by atoms with Gasteiger partial charge in [0.1, 0.15) is 12.2 Å². The lowest BCUT2D eigenvalue weighted by Gasteiger charge is -2.03. The maximum Gasteiger partial charge on any atom is 0.218 e. The first-order chi connectivity index (χ1) is 9.58. The third-order valence-electron chi connectivity index (χ3n) is 3.02. The molecular weight excluding hydrogens is 322 g/mol. The van der Waals surface area contributed by atoms with Crippen LogP contribution < -0.4 is 0 Å². The molecule has 0 bridgehead atoms. The SMILES string of the molecule is C=[N+]([O-])c1ccc2nc(-c3ccccc3Br)n(O)c2c1. The van der Waals surface area contributed by atoms with E-state index in [0.29, 0.717) is 27.3 Å². The standard InChI is InChI=1S/C14H10BrN3O2/c1-17(19)9-6-7-12-13(8-9)18(20)14(16-12)10-4-2-3-5-11(10)15/h2-8,20H,1H2. The highest BCUT2D eigenvalue weighted by Crippen LogP contribution is 2.30. The van der Waals surface area contributed by atoms with Crippen LogP contribution in [0.25, 0.3) is 22.4 Å². The fourth-order valence-corrected chi connectivity index (χ4v) is 2.49. The molecule has 3 aromatic rings. The van der Waals surface area contributed by atoms with Gasteiger partial charge in [-0.25, -0.2) is 4.98 Å². The molecule has 1 N–H and O–H groups in total. The van der Waals surface area contributed by atoms with Gasteiger partial charge in [0.2, 0.25) is 5.69 Å². The van der Waals surface area contributed by atoms with E-state index in [1.165, 1.54) is 0 Å². The molecule has 1 aromatic heterocycles. The van der Waals surface area contributed by atoms with Gasteiger partial charge in [-0.15, -0.1) is 0 Å². The van der Waals surface area contributed by atoms with Gasteiger partial charge in [-0.05, 0) is 18.2 Å². The summed E-state index contributed by atoms with van der Waals surface area (Å²) >= 11 is 3.43. The zero-order valence-corrected chi connectivity index (χ0v) is 11.9. The summed E-state index contributed by atoms with van der Waals surface area (Å²) in [5, 5.41) is 21.5. The Balaban J connectivity index is 2.26. The van der Waals surface area contributed by atoms with E-state index in [1.54, 1.807) is 18.2 Å². The zero-order valence-electron chi connectivity index (χ0n) is 10.3. The van der Waals surface area contributed by atoms with Crippen molar-refractivity contribution < 1.29 is 9.95 Å². The number of halogens is 1. The number of benzene rings is 2. The zero-order chi connectivity index (χ0) is 14.3. The molecular formula is C14H10BrN3O2. The first kappa shape index (κ1) is 12.7. The number of hydrogen-bond acceptors (Lipinski definition) is 3. The lowest BCUT2D eigenvalue weighted by atomic mass is 10.2. The van der Waals surface area contributed by atoms with Gasteiger partial charge in [0.05, 0.1) is 5.52 Å². The van der Waals surface area contributed by atoms with Crippen LogP contribution in [0.5, 0.6) is 0 Å². The normalized spacial score (nSPS) is 10.8. The van der Waals surface area contributed by atoms with Crippen molar-refractivity contribution in [2.45, 2.75) is 0 Å². The highest BCUT2D eigenvalue weighted by atomic mass is 79.9. The van der Waals surface area contributed by atoms with E-state index in [2.05, 4.69) is 27.6 Å². The molecule has 0 saturated carbocycles. The van der Waals surface area contributed by atoms with E-state index >= 15 is 0 Å². The van der Waals surface area contributed by atoms with Crippen molar-refractivity contribution in [1.82, 2.24) is 9.71 Å². The smallest absolute Gasteiger partial charge is 0.218 e. The van der Waals surface area contributed by atoms with Crippen molar-refractivity contribution in [3.05, 3.63) is 52.1 Å². The predicted octanol–water partition coefficient (Wildman–Crippen LogP) is 3.55. The Morgan fingerprint density at radius 3 is 2.70 bits per heavy atom. The molecule has 5 nitrogen and oxygen atoms in total. The Labute approximate surface area is 123 Å². The molecule has 20 heavy (non-hydrogen) atoms. The summed E-state index contributed by atoms with van der Waals surface area (Å²) in [6, 6.07) is 12.3. The minimum Gasteiger partial charge on any atom is -0.619 e. The van der Waals surface area contributed by atoms with Crippen molar-refractivity contribution in [3.63, 3.8) is 0 Å². The highest BCUT2D eigenvalue weighted by molar-refractivity contribution is 9.10. The molecule has 2 aromatic carbocycles. The van der Waals surface area contributed by atoms with Gasteiger partial charge in [-0.1, -0.05) is 28.1 Å². The van der Waals surface area contributed by atoms with E-state index in [-0.39, 0.29) is 0 Å². The Hall–Kier alpha value is -2.34. The van der Waals surface area contributed by atoms with Crippen molar-refractivity contribution in [2.24, 2.45) is 0 Å². The predicted molar refractivity (Wildman–Crippen MR) is 80.5 cm³/mol. The average molecular weight is 332 g/mol. The fraction of sp³-hybridized carbons (Fsp3) is 0. The molecule has 0 aliphatic heterocycles. The lowest BCUT2D eigenvalue weighted by molar-refractivity contribution is -0.349. The second kappa shape index (κ2) is 4.64. The van der Waals surface area contributed by atoms with E-state index in [4.69, 9.17) is 0 Å². The van der Waals surface area contributed by atoms with Crippen molar-refractivity contribution in [1.29, 1.82) is 0 Å². The molecule has 1 heterocycles. The Bertz CT molecular complexity index is 826. The molecule has 0 atom stereocenters. The number of hydrogen-bond donors (Lipinski definition) is 1. The van der Waals surface area contributed by atoms with Gasteiger partial charge in [-0.2, -0.15) is 9.47 Å². The van der Waals surface area contributed by atoms with Crippen LogP contribution >= 0.6 is 15.9 Å². The topological polar surface area (TPSA) is 64.1 Å². The van der Waals surface area contributed by atoms with Crippen molar-refractivity contribution >= 4 is 39.4 Å². The number of imidazole rings is 1. The largest absolute Gasteiger partial charge is 0.619 e. The van der Waals surface area contributed by atoms with Crippen molar-refractivity contribution in [3.8, 4) is 11.4 Å². The molecule has 0 aliphatic carbocycles. The molecule has 0 fully saturated rings. The molecule has 6 heteroatoms. The third-order valence-corrected chi connectivity index (χ3v) is 3.71. The number of nitrogens with zero attached hydrogens (tertiary/aromatic N) is 3. The summed E-state index contributed by atoms with van der Waals surface area (Å²) in [5.74, 6) is 0.408. The van der Waals surface area contributed by atoms with Gasteiger partial charge < -0.3 is 10.4 Å². The second-order valence-electron chi connectivity index (χ2n) is 4.28. The minimum absolute atomic E-state index is 0.353. The maximum absolute atomic E-state index is 11.2. The van der Waals surface area contributed by atoms with Crippen LogP contribution in [-0.4, -0.2) is 26.4 Å². The number of aromatic nitrogens is 2. The van der Waals surface area contributed by atoms with Gasteiger partial charge in [-0.3, -0.25) is 0 Å². The van der Waals surface area contributed by atoms with E-state index in [1.807, 2.05) is 24.3 Å². The van der Waals surface area contributed by atoms with E-state index in [0.717, 1.165) is 14.8 Å². The number of fused-ring (bicyclic) bond motifs is 1. The molecule has 0 unspecified atom stereocenters. The molecule has 100 valence electrons. The van der Waals surface area contributed by atoms with Crippen LogP contribution in [0.4, 0.5) is 5.69 Å². The third kappa shape index (κ3) is 1.94. The first-order valence-corrected chi connectivity index (χ1v) is 6.61. The minimum atomic E-state index is 0.353. The molecule has 0 radical (unpaired) electrons. The summed E-state index contributed by atoms with van der Waals surface area (Å²) in [6.07, 6.45) is 0. The second-order valence-corrected chi connectivity index (χ2v) is 5.13. The van der Waals surface area contributed by atoms with Gasteiger partial charge in [0, 0.05) is 22.2 Å². The van der Waals surface area contributed by atoms with Crippen LogP contribution in [0, 0.1) is 5.21 Å². The van der Waals surface area contributed by atoms with Crippen LogP contribution in [-0.2, 0) is 0 Å². The number of rotatable bonds is 2. The Morgan fingerprint density at radius 2 is 2.00 bits per heavy atom. The van der Waals surface area contributed by atoms with Crippen LogP contribution in [0.2, 0.25) is 0 Å². The fourth-order valence-electron chi connectivity index (χ4n) is 2.02. The summed E-state index contributed by atoms with van der Waals surface area (Å²) in [5.41, 5.74) is 2.18. The maximum atomic E-state index is 11.2. The van der Waals surface area contributed by atoms with Crippen LogP contribution in [0.15, 0.2) is 46.9 Å². The Morgan fingerprint density at radius 1 is 1.25 bits per heavy atom. The van der Waals surface area contributed by atoms with Crippen LogP contribution in [0.1, 0.15) is 0 Å². The van der Waals surface area contributed by atoms with Crippen molar-refractivity contribution in [2.75, 3.05) is 0 Å². The van der Waals surface area contributed by atoms with Gasteiger partial charge in [0.15, 0.2) is 5.82 Å². The van der Waals surface area contributed by atoms with E-state index in [9.17, 15) is 10.4 Å². The molecule has 0 amide bonds. The highest BCUT2D eigenvalue weighted by Gasteiger charge is 2.15. The molecule has 0 spiro atoms. The lowest BCUT2D eigenvalue weighted by Crippen LogP contribution is -1.95. The summed E-state index contributed by atoms with van der Waals surface area (Å²) < 4.78 is 2.29. The van der Waals surface area contributed by atoms with Crippen LogP contribution in [0.3, 0.4) is 0 Å². The monoisotopic (exact) mass is 331 g/mol. The Kier molecular flexibility index (Phi) is 2.94. The molecule has 0 aliphatic rings. The summed E-state index contributed by atoms with van der Waals surface area (Å²) in [4.78, 5) is 4.39. The molecule has 3 rings (SSSR count). The van der Waals surface area contributed by atoms with E-state index < -0.39 is 0 Å². The first-order valence-electron chi connectivity index (χ1n) is 5.82. The van der Waals surface area contributed by atoms with Gasteiger partial charge >= 0.3 is 0 Å². The molecule has 0 saturated heterocycles. The summed E-state index contributed by atoms with van der Waals surface area (Å²) in [7, 11) is 0. The van der Waals surface area contributed by atoms with Gasteiger partial charge in [0.25, 0.3) is 0 Å². The summed E-state index contributed by atoms with van der Waals surface area (Å²) in [6.45, 7) is 3.28. The average Bonchev–Trinajstić information content (AvgIpc) is 2.76.